The van der Waals surface area contributed by atoms with Gasteiger partial charge < -0.3 is 5.73 Å². The van der Waals surface area contributed by atoms with Crippen molar-refractivity contribution in [1.29, 1.82) is 0 Å². The third kappa shape index (κ3) is 2.46. The van der Waals surface area contributed by atoms with Crippen LogP contribution < -0.4 is 5.73 Å². The molecule has 3 atom stereocenters. The molecule has 88 valence electrons. The molecule has 0 spiro atoms. The number of nitrogens with two attached hydrogens (primary N) is 1. The SMILES string of the molecule is CC(N)C(C)CC1CCCc2ccccc21. The van der Waals surface area contributed by atoms with E-state index in [1.54, 1.807) is 11.1 Å². The van der Waals surface area contributed by atoms with Gasteiger partial charge in [0.05, 0.1) is 0 Å². The molecule has 0 amide bonds. The van der Waals surface area contributed by atoms with E-state index >= 15 is 0 Å². The van der Waals surface area contributed by atoms with Crippen molar-refractivity contribution in [1.82, 2.24) is 0 Å². The zero-order chi connectivity index (χ0) is 11.5. The second kappa shape index (κ2) is 5.01. The van der Waals surface area contributed by atoms with Crippen LogP contribution >= 0.6 is 0 Å². The van der Waals surface area contributed by atoms with E-state index in [1.165, 1.54) is 25.7 Å². The molecule has 0 fully saturated rings. The van der Waals surface area contributed by atoms with Crippen molar-refractivity contribution in [3.63, 3.8) is 0 Å². The van der Waals surface area contributed by atoms with E-state index in [-0.39, 0.29) is 0 Å². The first-order valence-electron chi connectivity index (χ1n) is 6.52. The van der Waals surface area contributed by atoms with Crippen LogP contribution in [-0.2, 0) is 6.42 Å². The van der Waals surface area contributed by atoms with Crippen LogP contribution in [0.5, 0.6) is 0 Å². The summed E-state index contributed by atoms with van der Waals surface area (Å²) in [5.74, 6) is 1.36. The maximum atomic E-state index is 5.97. The van der Waals surface area contributed by atoms with Crippen LogP contribution in [0.1, 0.15) is 50.2 Å². The predicted molar refractivity (Wildman–Crippen MR) is 69.6 cm³/mol. The molecule has 2 rings (SSSR count). The van der Waals surface area contributed by atoms with Crippen molar-refractivity contribution in [2.75, 3.05) is 0 Å². The summed E-state index contributed by atoms with van der Waals surface area (Å²) in [4.78, 5) is 0. The Morgan fingerprint density at radius 2 is 2.06 bits per heavy atom. The van der Waals surface area contributed by atoms with Crippen molar-refractivity contribution >= 4 is 0 Å². The van der Waals surface area contributed by atoms with Crippen LogP contribution in [0.25, 0.3) is 0 Å². The average Bonchev–Trinajstić information content (AvgIpc) is 2.29. The summed E-state index contributed by atoms with van der Waals surface area (Å²) in [5.41, 5.74) is 9.12. The van der Waals surface area contributed by atoms with E-state index < -0.39 is 0 Å². The summed E-state index contributed by atoms with van der Waals surface area (Å²) < 4.78 is 0. The molecule has 1 heteroatoms. The molecule has 0 aliphatic heterocycles. The van der Waals surface area contributed by atoms with Gasteiger partial charge >= 0.3 is 0 Å². The second-order valence-electron chi connectivity index (χ2n) is 5.36. The monoisotopic (exact) mass is 217 g/mol. The van der Waals surface area contributed by atoms with Crippen molar-refractivity contribution < 1.29 is 0 Å². The minimum atomic E-state index is 0.314. The Bertz CT molecular complexity index is 343. The van der Waals surface area contributed by atoms with Crippen molar-refractivity contribution in [3.05, 3.63) is 35.4 Å². The summed E-state index contributed by atoms with van der Waals surface area (Å²) >= 11 is 0. The number of rotatable bonds is 3. The molecule has 16 heavy (non-hydrogen) atoms. The van der Waals surface area contributed by atoms with Gasteiger partial charge in [0.1, 0.15) is 0 Å². The highest BCUT2D eigenvalue weighted by Gasteiger charge is 2.22. The summed E-state index contributed by atoms with van der Waals surface area (Å²) in [7, 11) is 0. The standard InChI is InChI=1S/C15H23N/c1-11(12(2)16)10-14-8-5-7-13-6-3-4-9-15(13)14/h3-4,6,9,11-12,14H,5,7-8,10,16H2,1-2H3. The average molecular weight is 217 g/mol. The van der Waals surface area contributed by atoms with Crippen LogP contribution in [0.15, 0.2) is 24.3 Å². The van der Waals surface area contributed by atoms with Gasteiger partial charge in [-0.25, -0.2) is 0 Å². The number of aryl methyl sites for hydroxylation is 1. The minimum absolute atomic E-state index is 0.314. The highest BCUT2D eigenvalue weighted by atomic mass is 14.6. The third-order valence-corrected chi connectivity index (χ3v) is 4.05. The Balaban J connectivity index is 2.13. The van der Waals surface area contributed by atoms with Gasteiger partial charge in [-0.1, -0.05) is 31.2 Å². The lowest BCUT2D eigenvalue weighted by Gasteiger charge is -2.29. The van der Waals surface area contributed by atoms with Crippen LogP contribution in [0.3, 0.4) is 0 Å². The molecule has 3 unspecified atom stereocenters. The Labute approximate surface area is 99.0 Å². The van der Waals surface area contributed by atoms with Gasteiger partial charge in [-0.2, -0.15) is 0 Å². The van der Waals surface area contributed by atoms with E-state index in [1.807, 2.05) is 0 Å². The lowest BCUT2D eigenvalue weighted by atomic mass is 9.77. The molecule has 0 heterocycles. The molecule has 0 saturated heterocycles. The Hall–Kier alpha value is -0.820. The number of fused-ring (bicyclic) bond motifs is 1. The van der Waals surface area contributed by atoms with E-state index in [0.29, 0.717) is 12.0 Å². The maximum Gasteiger partial charge on any atom is 0.00363 e. The molecule has 1 aromatic carbocycles. The molecular weight excluding hydrogens is 194 g/mol. The highest BCUT2D eigenvalue weighted by molar-refractivity contribution is 5.32. The van der Waals surface area contributed by atoms with Crippen LogP contribution in [0.4, 0.5) is 0 Å². The van der Waals surface area contributed by atoms with E-state index in [2.05, 4.69) is 38.1 Å². The summed E-state index contributed by atoms with van der Waals surface area (Å²) in [6.07, 6.45) is 5.19. The molecule has 1 aliphatic rings. The fourth-order valence-electron chi connectivity index (χ4n) is 2.76. The first-order chi connectivity index (χ1) is 7.68. The Morgan fingerprint density at radius 3 is 2.81 bits per heavy atom. The van der Waals surface area contributed by atoms with Crippen LogP contribution in [0.2, 0.25) is 0 Å². The first-order valence-corrected chi connectivity index (χ1v) is 6.52. The predicted octanol–water partition coefficient (Wildman–Crippen LogP) is 3.48. The molecule has 0 saturated carbocycles. The van der Waals surface area contributed by atoms with Crippen molar-refractivity contribution in [2.24, 2.45) is 11.7 Å². The molecule has 1 aromatic rings. The molecule has 0 bridgehead atoms. The molecule has 1 aliphatic carbocycles. The smallest absolute Gasteiger partial charge is 0.00363 e. The molecule has 1 nitrogen and oxygen atoms in total. The number of hydrogen-bond donors (Lipinski definition) is 1. The van der Waals surface area contributed by atoms with E-state index in [0.717, 1.165) is 5.92 Å². The van der Waals surface area contributed by atoms with Gasteiger partial charge in [0.15, 0.2) is 0 Å². The normalized spacial score (nSPS) is 23.6. The van der Waals surface area contributed by atoms with E-state index in [4.69, 9.17) is 5.73 Å². The van der Waals surface area contributed by atoms with Crippen LogP contribution in [-0.4, -0.2) is 6.04 Å². The van der Waals surface area contributed by atoms with Gasteiger partial charge in [-0.3, -0.25) is 0 Å². The largest absolute Gasteiger partial charge is 0.328 e. The van der Waals surface area contributed by atoms with Crippen LogP contribution in [0, 0.1) is 5.92 Å². The van der Waals surface area contributed by atoms with Crippen molar-refractivity contribution in [2.45, 2.75) is 51.5 Å². The zero-order valence-electron chi connectivity index (χ0n) is 10.4. The van der Waals surface area contributed by atoms with E-state index in [9.17, 15) is 0 Å². The van der Waals surface area contributed by atoms with Gasteiger partial charge in [0, 0.05) is 6.04 Å². The fourth-order valence-corrected chi connectivity index (χ4v) is 2.76. The Morgan fingerprint density at radius 1 is 1.31 bits per heavy atom. The molecular formula is C15H23N. The third-order valence-electron chi connectivity index (χ3n) is 4.05. The van der Waals surface area contributed by atoms with Crippen molar-refractivity contribution in [3.8, 4) is 0 Å². The maximum absolute atomic E-state index is 5.97. The molecule has 0 radical (unpaired) electrons. The summed E-state index contributed by atoms with van der Waals surface area (Å²) in [6, 6.07) is 9.25. The summed E-state index contributed by atoms with van der Waals surface area (Å²) in [6.45, 7) is 4.40. The van der Waals surface area contributed by atoms with Gasteiger partial charge in [-0.15, -0.1) is 0 Å². The minimum Gasteiger partial charge on any atom is -0.328 e. The van der Waals surface area contributed by atoms with Gasteiger partial charge in [-0.05, 0) is 55.6 Å². The quantitative estimate of drug-likeness (QED) is 0.824. The number of hydrogen-bond acceptors (Lipinski definition) is 1. The topological polar surface area (TPSA) is 26.0 Å². The lowest BCUT2D eigenvalue weighted by molar-refractivity contribution is 0.383. The number of benzene rings is 1. The fraction of sp³-hybridized carbons (Fsp3) is 0.600. The molecule has 2 N–H and O–H groups in total. The Kier molecular flexibility index (Phi) is 3.65. The first kappa shape index (κ1) is 11.7. The lowest BCUT2D eigenvalue weighted by Crippen LogP contribution is -2.26. The van der Waals surface area contributed by atoms with Gasteiger partial charge in [0.25, 0.3) is 0 Å². The van der Waals surface area contributed by atoms with Gasteiger partial charge in [0.2, 0.25) is 0 Å². The zero-order valence-corrected chi connectivity index (χ0v) is 10.4. The summed E-state index contributed by atoms with van der Waals surface area (Å²) in [5, 5.41) is 0. The molecule has 0 aromatic heterocycles. The second-order valence-corrected chi connectivity index (χ2v) is 5.36. The highest BCUT2D eigenvalue weighted by Crippen LogP contribution is 2.36.